The van der Waals surface area contributed by atoms with Crippen LogP contribution < -0.4 is 18.9 Å². The highest BCUT2D eigenvalue weighted by atomic mass is 16.5. The van der Waals surface area contributed by atoms with Crippen LogP contribution in [0.3, 0.4) is 0 Å². The van der Waals surface area contributed by atoms with Gasteiger partial charge in [-0.15, -0.1) is 5.10 Å². The van der Waals surface area contributed by atoms with Crippen molar-refractivity contribution in [3.63, 3.8) is 0 Å². The lowest BCUT2D eigenvalue weighted by molar-refractivity contribution is 0.324. The summed E-state index contributed by atoms with van der Waals surface area (Å²) in [6.07, 6.45) is 0. The van der Waals surface area contributed by atoms with Gasteiger partial charge in [0.15, 0.2) is 23.0 Å². The number of phenols is 1. The van der Waals surface area contributed by atoms with Crippen molar-refractivity contribution in [3.05, 3.63) is 48.5 Å². The summed E-state index contributed by atoms with van der Waals surface area (Å²) < 4.78 is 23.1. The molecule has 0 saturated heterocycles. The highest BCUT2D eigenvalue weighted by Crippen LogP contribution is 2.40. The first-order valence-corrected chi connectivity index (χ1v) is 9.12. The second-order valence-electron chi connectivity index (χ2n) is 6.47. The third-order valence-corrected chi connectivity index (χ3v) is 4.85. The molecule has 0 unspecified atom stereocenters. The molecular formula is C22H21N3O5. The molecule has 8 heteroatoms. The molecule has 0 saturated carbocycles. The van der Waals surface area contributed by atoms with Gasteiger partial charge in [0.05, 0.1) is 39.6 Å². The average molecular weight is 407 g/mol. The molecular weight excluding hydrogens is 386 g/mol. The van der Waals surface area contributed by atoms with Gasteiger partial charge >= 0.3 is 0 Å². The summed E-state index contributed by atoms with van der Waals surface area (Å²) in [6, 6.07) is 14.7. The van der Waals surface area contributed by atoms with Crippen molar-refractivity contribution in [3.8, 4) is 45.6 Å². The highest BCUT2D eigenvalue weighted by Gasteiger charge is 2.17. The fraction of sp³-hybridized carbons (Fsp3) is 0.182. The molecule has 0 atom stereocenters. The molecule has 0 radical (unpaired) electrons. The van der Waals surface area contributed by atoms with Crippen molar-refractivity contribution < 1.29 is 24.1 Å². The van der Waals surface area contributed by atoms with Crippen molar-refractivity contribution in [2.45, 2.75) is 0 Å². The first-order chi connectivity index (χ1) is 14.6. The van der Waals surface area contributed by atoms with Gasteiger partial charge in [-0.1, -0.05) is 17.3 Å². The van der Waals surface area contributed by atoms with Crippen molar-refractivity contribution in [2.75, 3.05) is 28.4 Å². The van der Waals surface area contributed by atoms with Crippen LogP contribution in [0.5, 0.6) is 28.7 Å². The number of aromatic nitrogens is 3. The SMILES string of the molecule is COc1ccc(-c2ccc3nnn(-c4cc(OC)c(OC)c(OC)c4)c3c2)cc1O. The van der Waals surface area contributed by atoms with Crippen molar-refractivity contribution in [1.29, 1.82) is 0 Å². The maximum Gasteiger partial charge on any atom is 0.203 e. The number of fused-ring (bicyclic) bond motifs is 1. The van der Waals surface area contributed by atoms with Gasteiger partial charge in [0, 0.05) is 12.1 Å². The van der Waals surface area contributed by atoms with Gasteiger partial charge in [0.2, 0.25) is 5.75 Å². The maximum absolute atomic E-state index is 10.1. The molecule has 8 nitrogen and oxygen atoms in total. The number of phenolic OH excluding ortho intramolecular Hbond substituents is 1. The lowest BCUT2D eigenvalue weighted by Gasteiger charge is -2.14. The molecule has 1 aromatic heterocycles. The lowest BCUT2D eigenvalue weighted by atomic mass is 10.0. The van der Waals surface area contributed by atoms with Gasteiger partial charge in [-0.2, -0.15) is 0 Å². The Hall–Kier alpha value is -3.94. The molecule has 30 heavy (non-hydrogen) atoms. The Labute approximate surface area is 173 Å². The topological polar surface area (TPSA) is 87.9 Å². The van der Waals surface area contributed by atoms with Crippen molar-refractivity contribution in [2.24, 2.45) is 0 Å². The van der Waals surface area contributed by atoms with E-state index in [9.17, 15) is 5.11 Å². The number of hydrogen-bond donors (Lipinski definition) is 1. The zero-order valence-corrected chi connectivity index (χ0v) is 17.0. The molecule has 1 N–H and O–H groups in total. The molecule has 3 aromatic carbocycles. The van der Waals surface area contributed by atoms with E-state index in [0.29, 0.717) is 28.7 Å². The van der Waals surface area contributed by atoms with E-state index in [2.05, 4.69) is 10.3 Å². The molecule has 154 valence electrons. The molecule has 0 fully saturated rings. The molecule has 0 amide bonds. The van der Waals surface area contributed by atoms with E-state index in [1.807, 2.05) is 24.3 Å². The molecule has 0 spiro atoms. The Kier molecular flexibility index (Phi) is 5.05. The monoisotopic (exact) mass is 407 g/mol. The summed E-state index contributed by atoms with van der Waals surface area (Å²) >= 11 is 0. The predicted molar refractivity (Wildman–Crippen MR) is 112 cm³/mol. The first kappa shape index (κ1) is 19.4. The van der Waals surface area contributed by atoms with E-state index in [4.69, 9.17) is 18.9 Å². The van der Waals surface area contributed by atoms with E-state index in [1.165, 1.54) is 7.11 Å². The maximum atomic E-state index is 10.1. The van der Waals surface area contributed by atoms with E-state index in [0.717, 1.165) is 22.2 Å². The Morgan fingerprint density at radius 1 is 0.733 bits per heavy atom. The summed E-state index contributed by atoms with van der Waals surface area (Å²) in [6.45, 7) is 0. The Morgan fingerprint density at radius 2 is 1.37 bits per heavy atom. The minimum Gasteiger partial charge on any atom is -0.504 e. The smallest absolute Gasteiger partial charge is 0.203 e. The summed E-state index contributed by atoms with van der Waals surface area (Å²) in [5, 5.41) is 18.7. The number of nitrogens with zero attached hydrogens (tertiary/aromatic N) is 3. The number of hydrogen-bond acceptors (Lipinski definition) is 7. The second-order valence-corrected chi connectivity index (χ2v) is 6.47. The Balaban J connectivity index is 1.86. The Bertz CT molecular complexity index is 1190. The van der Waals surface area contributed by atoms with E-state index >= 15 is 0 Å². The van der Waals surface area contributed by atoms with Crippen LogP contribution in [0.2, 0.25) is 0 Å². The number of rotatable bonds is 6. The summed E-state index contributed by atoms with van der Waals surface area (Å²) in [5.41, 5.74) is 3.97. The summed E-state index contributed by atoms with van der Waals surface area (Å²) in [7, 11) is 6.20. The minimum absolute atomic E-state index is 0.0753. The average Bonchev–Trinajstić information content (AvgIpc) is 3.21. The molecule has 0 aliphatic heterocycles. The molecule has 0 bridgehead atoms. The zero-order chi connectivity index (χ0) is 21.3. The van der Waals surface area contributed by atoms with Crippen molar-refractivity contribution >= 4 is 11.0 Å². The molecule has 4 rings (SSSR count). The van der Waals surface area contributed by atoms with Crippen LogP contribution >= 0.6 is 0 Å². The van der Waals surface area contributed by atoms with Crippen LogP contribution in [0.4, 0.5) is 0 Å². The normalized spacial score (nSPS) is 10.8. The minimum atomic E-state index is 0.0753. The highest BCUT2D eigenvalue weighted by molar-refractivity contribution is 5.83. The summed E-state index contributed by atoms with van der Waals surface area (Å²) in [5.74, 6) is 2.04. The largest absolute Gasteiger partial charge is 0.504 e. The number of ether oxygens (including phenoxy) is 4. The van der Waals surface area contributed by atoms with Crippen LogP contribution in [0, 0.1) is 0 Å². The molecule has 1 heterocycles. The Morgan fingerprint density at radius 3 is 1.97 bits per heavy atom. The van der Waals surface area contributed by atoms with Gasteiger partial charge < -0.3 is 24.1 Å². The summed E-state index contributed by atoms with van der Waals surface area (Å²) in [4.78, 5) is 0. The standard InChI is InChI=1S/C22H21N3O5/c1-27-19-8-6-14(10-18(19)26)13-5-7-16-17(9-13)25(24-23-16)15-11-20(28-2)22(30-4)21(12-15)29-3/h5-12,26H,1-4H3. The number of methoxy groups -OCH3 is 4. The quantitative estimate of drug-likeness (QED) is 0.520. The first-order valence-electron chi connectivity index (χ1n) is 9.12. The van der Waals surface area contributed by atoms with Gasteiger partial charge in [0.25, 0.3) is 0 Å². The van der Waals surface area contributed by atoms with Gasteiger partial charge in [-0.3, -0.25) is 0 Å². The third-order valence-electron chi connectivity index (χ3n) is 4.85. The second kappa shape index (κ2) is 7.82. The fourth-order valence-electron chi connectivity index (χ4n) is 3.35. The van der Waals surface area contributed by atoms with Crippen LogP contribution in [0.1, 0.15) is 0 Å². The van der Waals surface area contributed by atoms with Crippen LogP contribution in [0.25, 0.3) is 27.8 Å². The van der Waals surface area contributed by atoms with Crippen LogP contribution in [0.15, 0.2) is 48.5 Å². The van der Waals surface area contributed by atoms with E-state index < -0.39 is 0 Å². The number of aromatic hydroxyl groups is 1. The van der Waals surface area contributed by atoms with Crippen molar-refractivity contribution in [1.82, 2.24) is 15.0 Å². The van der Waals surface area contributed by atoms with Crippen LogP contribution in [-0.4, -0.2) is 48.5 Å². The van der Waals surface area contributed by atoms with Gasteiger partial charge in [-0.05, 0) is 35.4 Å². The predicted octanol–water partition coefficient (Wildman–Crippen LogP) is 3.83. The molecule has 4 aromatic rings. The van der Waals surface area contributed by atoms with Crippen LogP contribution in [-0.2, 0) is 0 Å². The van der Waals surface area contributed by atoms with Gasteiger partial charge in [-0.25, -0.2) is 4.68 Å². The fourth-order valence-corrected chi connectivity index (χ4v) is 3.35. The van der Waals surface area contributed by atoms with Gasteiger partial charge in [0.1, 0.15) is 5.52 Å². The number of benzene rings is 3. The molecule has 0 aliphatic rings. The van der Waals surface area contributed by atoms with E-state index in [-0.39, 0.29) is 5.75 Å². The molecule has 0 aliphatic carbocycles. The zero-order valence-electron chi connectivity index (χ0n) is 17.0. The lowest BCUT2D eigenvalue weighted by Crippen LogP contribution is -2.01. The third kappa shape index (κ3) is 3.22. The van der Waals surface area contributed by atoms with E-state index in [1.54, 1.807) is 50.3 Å².